The van der Waals surface area contributed by atoms with Crippen molar-refractivity contribution in [3.8, 4) is 0 Å². The smallest absolute Gasteiger partial charge is 0.302 e. The molecule has 0 heterocycles. The highest BCUT2D eigenvalue weighted by Crippen LogP contribution is 2.39. The van der Waals surface area contributed by atoms with E-state index in [1.165, 1.54) is 6.92 Å². The minimum absolute atomic E-state index is 0.00117. The molecule has 20 heavy (non-hydrogen) atoms. The van der Waals surface area contributed by atoms with Crippen LogP contribution in [0.25, 0.3) is 0 Å². The Bertz CT molecular complexity index is 574. The van der Waals surface area contributed by atoms with Crippen molar-refractivity contribution in [3.63, 3.8) is 0 Å². The van der Waals surface area contributed by atoms with Gasteiger partial charge in [-0.3, -0.25) is 9.59 Å². The number of ether oxygens (including phenoxy) is 1. The number of ketones is 1. The summed E-state index contributed by atoms with van der Waals surface area (Å²) < 4.78 is 4.97. The van der Waals surface area contributed by atoms with Crippen LogP contribution in [0.15, 0.2) is 6.07 Å². The topological polar surface area (TPSA) is 63.6 Å². The molecule has 0 radical (unpaired) electrons. The van der Waals surface area contributed by atoms with Crippen LogP contribution >= 0.6 is 0 Å². The fourth-order valence-electron chi connectivity index (χ4n) is 2.94. The second-order valence-corrected chi connectivity index (χ2v) is 5.45. The zero-order valence-electron chi connectivity index (χ0n) is 12.3. The minimum Gasteiger partial charge on any atom is -0.466 e. The third-order valence-electron chi connectivity index (χ3n) is 4.07. The lowest BCUT2D eigenvalue weighted by molar-refractivity contribution is -0.140. The number of fused-ring (bicyclic) bond motifs is 1. The molecule has 0 saturated carbocycles. The standard InChI is InChI=1S/C16H20O4/c1-8-7-13-14(16(19)10(3)15(13)18)9(2)12(8)5-6-20-11(4)17/h7,10,15,18H,5-6H2,1-4H3/t10-,15-/m0/s1. The Morgan fingerprint density at radius 2 is 2.05 bits per heavy atom. The number of carbonyl (C=O) groups excluding carboxylic acids is 2. The van der Waals surface area contributed by atoms with E-state index >= 15 is 0 Å². The van der Waals surface area contributed by atoms with Crippen molar-refractivity contribution in [1.29, 1.82) is 0 Å². The summed E-state index contributed by atoms with van der Waals surface area (Å²) in [4.78, 5) is 23.0. The molecule has 1 aromatic rings. The van der Waals surface area contributed by atoms with Gasteiger partial charge in [0, 0.05) is 24.8 Å². The molecule has 1 aliphatic rings. The quantitative estimate of drug-likeness (QED) is 0.860. The first-order valence-corrected chi connectivity index (χ1v) is 6.83. The summed E-state index contributed by atoms with van der Waals surface area (Å²) in [5, 5.41) is 10.1. The molecule has 0 bridgehead atoms. The summed E-state index contributed by atoms with van der Waals surface area (Å²) in [6.07, 6.45) is -0.125. The van der Waals surface area contributed by atoms with E-state index in [0.29, 0.717) is 18.6 Å². The van der Waals surface area contributed by atoms with Crippen LogP contribution in [0.4, 0.5) is 0 Å². The number of hydrogen-bond donors (Lipinski definition) is 1. The van der Waals surface area contributed by atoms with Gasteiger partial charge < -0.3 is 9.84 Å². The molecule has 0 saturated heterocycles. The Balaban J connectivity index is 2.37. The van der Waals surface area contributed by atoms with E-state index in [-0.39, 0.29) is 17.7 Å². The van der Waals surface area contributed by atoms with E-state index in [2.05, 4.69) is 0 Å². The van der Waals surface area contributed by atoms with Crippen LogP contribution in [0.1, 0.15) is 52.6 Å². The first-order chi connectivity index (χ1) is 9.34. The van der Waals surface area contributed by atoms with Crippen molar-refractivity contribution in [1.82, 2.24) is 0 Å². The maximum absolute atomic E-state index is 12.2. The van der Waals surface area contributed by atoms with E-state index in [9.17, 15) is 14.7 Å². The van der Waals surface area contributed by atoms with Gasteiger partial charge in [0.2, 0.25) is 0 Å². The van der Waals surface area contributed by atoms with Gasteiger partial charge in [-0.2, -0.15) is 0 Å². The molecular weight excluding hydrogens is 256 g/mol. The number of aryl methyl sites for hydroxylation is 1. The molecule has 2 rings (SSSR count). The molecule has 4 nitrogen and oxygen atoms in total. The van der Waals surface area contributed by atoms with Gasteiger partial charge in [0.1, 0.15) is 0 Å². The van der Waals surface area contributed by atoms with Crippen molar-refractivity contribution in [3.05, 3.63) is 33.9 Å². The Morgan fingerprint density at radius 3 is 2.65 bits per heavy atom. The van der Waals surface area contributed by atoms with E-state index in [1.807, 2.05) is 19.9 Å². The van der Waals surface area contributed by atoms with Gasteiger partial charge in [-0.15, -0.1) is 0 Å². The molecule has 0 amide bonds. The molecule has 4 heteroatoms. The van der Waals surface area contributed by atoms with Gasteiger partial charge in [0.15, 0.2) is 5.78 Å². The first kappa shape index (κ1) is 14.7. The van der Waals surface area contributed by atoms with Crippen LogP contribution in [-0.2, 0) is 16.0 Å². The van der Waals surface area contributed by atoms with E-state index in [4.69, 9.17) is 4.74 Å². The Labute approximate surface area is 118 Å². The van der Waals surface area contributed by atoms with Crippen LogP contribution in [0, 0.1) is 19.8 Å². The summed E-state index contributed by atoms with van der Waals surface area (Å²) in [5.74, 6) is -0.688. The van der Waals surface area contributed by atoms with Gasteiger partial charge in [0.25, 0.3) is 0 Å². The molecule has 1 N–H and O–H groups in total. The van der Waals surface area contributed by atoms with E-state index < -0.39 is 6.10 Å². The molecule has 1 aromatic carbocycles. The number of aliphatic hydroxyl groups excluding tert-OH is 1. The summed E-state index contributed by atoms with van der Waals surface area (Å²) in [6, 6.07) is 1.89. The predicted octanol–water partition coefficient (Wildman–Crippen LogP) is 2.27. The fourth-order valence-corrected chi connectivity index (χ4v) is 2.94. The molecule has 2 atom stereocenters. The average Bonchev–Trinajstić information content (AvgIpc) is 2.58. The summed E-state index contributed by atoms with van der Waals surface area (Å²) >= 11 is 0. The molecule has 0 aromatic heterocycles. The average molecular weight is 276 g/mol. The van der Waals surface area contributed by atoms with Crippen LogP contribution < -0.4 is 0 Å². The number of Topliss-reactive ketones (excluding diaryl/α,β-unsaturated/α-hetero) is 1. The number of hydrogen-bond acceptors (Lipinski definition) is 4. The maximum Gasteiger partial charge on any atom is 0.302 e. The summed E-state index contributed by atoms with van der Waals surface area (Å²) in [7, 11) is 0. The number of benzene rings is 1. The Hall–Kier alpha value is -1.68. The lowest BCUT2D eigenvalue weighted by Gasteiger charge is -2.15. The third kappa shape index (κ3) is 2.36. The van der Waals surface area contributed by atoms with Crippen molar-refractivity contribution in [2.75, 3.05) is 6.61 Å². The Kier molecular flexibility index (Phi) is 3.95. The van der Waals surface area contributed by atoms with Crippen LogP contribution in [-0.4, -0.2) is 23.5 Å². The Morgan fingerprint density at radius 1 is 1.40 bits per heavy atom. The summed E-state index contributed by atoms with van der Waals surface area (Å²) in [6.45, 7) is 7.29. The predicted molar refractivity (Wildman–Crippen MR) is 74.7 cm³/mol. The second kappa shape index (κ2) is 5.37. The normalized spacial score (nSPS) is 20.9. The molecule has 108 valence electrons. The molecule has 0 fully saturated rings. The molecule has 0 aliphatic heterocycles. The highest BCUT2D eigenvalue weighted by Gasteiger charge is 2.37. The van der Waals surface area contributed by atoms with Crippen molar-refractivity contribution in [2.45, 2.75) is 40.2 Å². The largest absolute Gasteiger partial charge is 0.466 e. The van der Waals surface area contributed by atoms with E-state index in [0.717, 1.165) is 22.3 Å². The number of rotatable bonds is 3. The third-order valence-corrected chi connectivity index (χ3v) is 4.07. The first-order valence-electron chi connectivity index (χ1n) is 6.83. The monoisotopic (exact) mass is 276 g/mol. The minimum atomic E-state index is -0.711. The van der Waals surface area contributed by atoms with Gasteiger partial charge in [-0.1, -0.05) is 13.0 Å². The van der Waals surface area contributed by atoms with Gasteiger partial charge >= 0.3 is 5.97 Å². The number of carbonyl (C=O) groups is 2. The highest BCUT2D eigenvalue weighted by atomic mass is 16.5. The zero-order valence-corrected chi connectivity index (χ0v) is 12.3. The van der Waals surface area contributed by atoms with Crippen LogP contribution in [0.5, 0.6) is 0 Å². The fraction of sp³-hybridized carbons (Fsp3) is 0.500. The van der Waals surface area contributed by atoms with Crippen LogP contribution in [0.2, 0.25) is 0 Å². The second-order valence-electron chi connectivity index (χ2n) is 5.45. The molecule has 0 spiro atoms. The summed E-state index contributed by atoms with van der Waals surface area (Å²) in [5.41, 5.74) is 4.33. The highest BCUT2D eigenvalue weighted by molar-refractivity contribution is 6.04. The van der Waals surface area contributed by atoms with Crippen molar-refractivity contribution < 1.29 is 19.4 Å². The zero-order chi connectivity index (χ0) is 15.0. The van der Waals surface area contributed by atoms with Crippen molar-refractivity contribution >= 4 is 11.8 Å². The maximum atomic E-state index is 12.2. The molecule has 0 unspecified atom stereocenters. The van der Waals surface area contributed by atoms with Gasteiger partial charge in [-0.25, -0.2) is 0 Å². The lowest BCUT2D eigenvalue weighted by atomic mass is 9.92. The molecular formula is C16H20O4. The lowest BCUT2D eigenvalue weighted by Crippen LogP contribution is -2.10. The van der Waals surface area contributed by atoms with E-state index in [1.54, 1.807) is 6.92 Å². The van der Waals surface area contributed by atoms with Gasteiger partial charge in [-0.05, 0) is 36.1 Å². The molecule has 1 aliphatic carbocycles. The van der Waals surface area contributed by atoms with Gasteiger partial charge in [0.05, 0.1) is 12.7 Å². The number of esters is 1. The number of aliphatic hydroxyl groups is 1. The van der Waals surface area contributed by atoms with Crippen molar-refractivity contribution in [2.24, 2.45) is 5.92 Å². The SMILES string of the molecule is CC(=O)OCCc1c(C)cc2c(c1C)C(=O)[C@@H](C)[C@@H]2O. The van der Waals surface area contributed by atoms with Crippen LogP contribution in [0.3, 0.4) is 0 Å².